The van der Waals surface area contributed by atoms with Crippen molar-refractivity contribution in [3.05, 3.63) is 33.3 Å². The van der Waals surface area contributed by atoms with Crippen molar-refractivity contribution in [2.24, 2.45) is 11.7 Å². The van der Waals surface area contributed by atoms with Crippen molar-refractivity contribution in [1.82, 2.24) is 4.31 Å². The highest BCUT2D eigenvalue weighted by Crippen LogP contribution is 2.37. The summed E-state index contributed by atoms with van der Waals surface area (Å²) in [6, 6.07) is 3.05. The van der Waals surface area contributed by atoms with Crippen molar-refractivity contribution >= 4 is 39.7 Å². The van der Waals surface area contributed by atoms with Gasteiger partial charge in [-0.25, -0.2) is 8.42 Å². The first-order valence-corrected chi connectivity index (χ1v) is 8.23. The van der Waals surface area contributed by atoms with Crippen molar-refractivity contribution in [2.75, 3.05) is 13.6 Å². The zero-order valence-corrected chi connectivity index (χ0v) is 14.2. The van der Waals surface area contributed by atoms with Gasteiger partial charge in [-0.3, -0.25) is 10.1 Å². The van der Waals surface area contributed by atoms with Gasteiger partial charge in [0.15, 0.2) is 0 Å². The van der Waals surface area contributed by atoms with Gasteiger partial charge < -0.3 is 5.73 Å². The highest BCUT2D eigenvalue weighted by molar-refractivity contribution is 7.89. The number of rotatable bonds is 6. The highest BCUT2D eigenvalue weighted by Gasteiger charge is 2.38. The van der Waals surface area contributed by atoms with E-state index in [0.29, 0.717) is 0 Å². The molecule has 1 aliphatic carbocycles. The lowest BCUT2D eigenvalue weighted by atomic mass is 10.2. The second kappa shape index (κ2) is 7.10. The van der Waals surface area contributed by atoms with E-state index >= 15 is 0 Å². The molecule has 1 aromatic rings. The van der Waals surface area contributed by atoms with Crippen LogP contribution in [-0.4, -0.2) is 37.3 Å². The topological polar surface area (TPSA) is 107 Å². The van der Waals surface area contributed by atoms with Crippen LogP contribution in [0.1, 0.15) is 12.8 Å². The average molecular weight is 370 g/mol. The first-order chi connectivity index (χ1) is 9.78. The van der Waals surface area contributed by atoms with Crippen molar-refractivity contribution in [3.63, 3.8) is 0 Å². The summed E-state index contributed by atoms with van der Waals surface area (Å²) in [5.74, 6) is 0.270. The summed E-state index contributed by atoms with van der Waals surface area (Å²) in [5, 5.41) is 10.5. The van der Waals surface area contributed by atoms with Crippen molar-refractivity contribution in [2.45, 2.75) is 23.8 Å². The van der Waals surface area contributed by atoms with Crippen LogP contribution in [0.3, 0.4) is 0 Å². The number of nitro benzene ring substituents is 1. The van der Waals surface area contributed by atoms with Crippen LogP contribution in [0, 0.1) is 16.0 Å². The van der Waals surface area contributed by atoms with E-state index in [-0.39, 0.29) is 46.5 Å². The molecule has 10 heteroatoms. The van der Waals surface area contributed by atoms with Gasteiger partial charge in [0.05, 0.1) is 9.95 Å². The molecule has 2 N–H and O–H groups in total. The van der Waals surface area contributed by atoms with Crippen LogP contribution in [0.15, 0.2) is 23.1 Å². The fourth-order valence-electron chi connectivity index (χ4n) is 2.26. The Hall–Kier alpha value is -0.930. The standard InChI is InChI=1S/C12H16ClN3O4S.ClH/c1-15(11(7-14)8-2-3-8)21(19,20)12-5-4-9(16(17)18)6-10(12)13;/h4-6,8,11H,2-3,7,14H2,1H3;1H. The third-order valence-electron chi connectivity index (χ3n) is 3.66. The Labute approximate surface area is 140 Å². The fourth-order valence-corrected chi connectivity index (χ4v) is 4.20. The van der Waals surface area contributed by atoms with Crippen molar-refractivity contribution < 1.29 is 13.3 Å². The Bertz CT molecular complexity index is 664. The van der Waals surface area contributed by atoms with E-state index in [0.717, 1.165) is 31.0 Å². The van der Waals surface area contributed by atoms with Crippen molar-refractivity contribution in [1.29, 1.82) is 0 Å². The Morgan fingerprint density at radius 3 is 2.50 bits per heavy atom. The van der Waals surface area contributed by atoms with E-state index in [1.165, 1.54) is 11.4 Å². The molecular weight excluding hydrogens is 353 g/mol. The van der Waals surface area contributed by atoms with Gasteiger partial charge in [-0.05, 0) is 24.8 Å². The quantitative estimate of drug-likeness (QED) is 0.609. The monoisotopic (exact) mass is 369 g/mol. The third kappa shape index (κ3) is 3.69. The molecule has 1 aliphatic rings. The first-order valence-electron chi connectivity index (χ1n) is 6.41. The molecule has 22 heavy (non-hydrogen) atoms. The van der Waals surface area contributed by atoms with E-state index < -0.39 is 14.9 Å². The number of nitrogens with zero attached hydrogens (tertiary/aromatic N) is 2. The molecule has 1 fully saturated rings. The lowest BCUT2D eigenvalue weighted by Crippen LogP contribution is -2.43. The minimum absolute atomic E-state index is 0. The predicted molar refractivity (Wildman–Crippen MR) is 85.9 cm³/mol. The number of nitrogens with two attached hydrogens (primary N) is 1. The van der Waals surface area contributed by atoms with Crippen LogP contribution in [0.2, 0.25) is 5.02 Å². The minimum atomic E-state index is -3.83. The number of benzene rings is 1. The summed E-state index contributed by atoms with van der Waals surface area (Å²) in [6.07, 6.45) is 1.91. The van der Waals surface area contributed by atoms with E-state index in [4.69, 9.17) is 17.3 Å². The van der Waals surface area contributed by atoms with Gasteiger partial charge >= 0.3 is 0 Å². The van der Waals surface area contributed by atoms with Crippen LogP contribution in [-0.2, 0) is 10.0 Å². The molecule has 0 bridgehead atoms. The highest BCUT2D eigenvalue weighted by atomic mass is 35.5. The Balaban J connectivity index is 0.00000242. The zero-order chi connectivity index (χ0) is 15.8. The van der Waals surface area contributed by atoms with Crippen LogP contribution >= 0.6 is 24.0 Å². The summed E-state index contributed by atoms with van der Waals surface area (Å²) < 4.78 is 26.4. The number of non-ortho nitro benzene ring substituents is 1. The maximum absolute atomic E-state index is 12.6. The molecule has 1 unspecified atom stereocenters. The maximum atomic E-state index is 12.6. The minimum Gasteiger partial charge on any atom is -0.329 e. The van der Waals surface area contributed by atoms with E-state index in [1.807, 2.05) is 0 Å². The van der Waals surface area contributed by atoms with Gasteiger partial charge in [-0.2, -0.15) is 4.31 Å². The maximum Gasteiger partial charge on any atom is 0.271 e. The van der Waals surface area contributed by atoms with Gasteiger partial charge in [0.1, 0.15) is 4.90 Å². The normalized spacial score (nSPS) is 16.2. The Morgan fingerprint density at radius 2 is 2.09 bits per heavy atom. The van der Waals surface area contributed by atoms with Gasteiger partial charge in [0.2, 0.25) is 10.0 Å². The molecule has 0 aromatic heterocycles. The van der Waals surface area contributed by atoms with Gasteiger partial charge in [0, 0.05) is 31.8 Å². The molecule has 124 valence electrons. The molecule has 0 amide bonds. The molecule has 0 radical (unpaired) electrons. The smallest absolute Gasteiger partial charge is 0.271 e. The molecule has 1 atom stereocenters. The zero-order valence-electron chi connectivity index (χ0n) is 11.8. The Morgan fingerprint density at radius 1 is 1.50 bits per heavy atom. The number of halogens is 2. The Kier molecular flexibility index (Phi) is 6.17. The van der Waals surface area contributed by atoms with Gasteiger partial charge in [-0.15, -0.1) is 12.4 Å². The summed E-state index contributed by atoms with van der Waals surface area (Å²) in [6.45, 7) is 0.227. The molecule has 0 heterocycles. The molecule has 0 spiro atoms. The largest absolute Gasteiger partial charge is 0.329 e. The van der Waals surface area contributed by atoms with Gasteiger partial charge in [-0.1, -0.05) is 11.6 Å². The third-order valence-corrected chi connectivity index (χ3v) is 6.02. The molecule has 0 saturated heterocycles. The number of hydrogen-bond acceptors (Lipinski definition) is 5. The van der Waals surface area contributed by atoms with E-state index in [1.54, 1.807) is 0 Å². The van der Waals surface area contributed by atoms with E-state index in [2.05, 4.69) is 0 Å². The first kappa shape index (κ1) is 19.1. The summed E-state index contributed by atoms with van der Waals surface area (Å²) in [7, 11) is -2.37. The number of likely N-dealkylation sites (N-methyl/N-ethyl adjacent to an activating group) is 1. The molecule has 2 rings (SSSR count). The molecule has 1 aromatic carbocycles. The molecular formula is C12H17Cl2N3O4S. The average Bonchev–Trinajstić information content (AvgIpc) is 3.23. The summed E-state index contributed by atoms with van der Waals surface area (Å²) in [5.41, 5.74) is 5.41. The van der Waals surface area contributed by atoms with Crippen LogP contribution in [0.4, 0.5) is 5.69 Å². The molecule has 0 aliphatic heterocycles. The van der Waals surface area contributed by atoms with Crippen molar-refractivity contribution in [3.8, 4) is 0 Å². The SMILES string of the molecule is CN(C(CN)C1CC1)S(=O)(=O)c1ccc([N+](=O)[O-])cc1Cl.Cl. The predicted octanol–water partition coefficient (Wildman–Crippen LogP) is 2.03. The second-order valence-corrected chi connectivity index (χ2v) is 7.41. The van der Waals surface area contributed by atoms with Gasteiger partial charge in [0.25, 0.3) is 5.69 Å². The number of hydrogen-bond donors (Lipinski definition) is 1. The molecule has 7 nitrogen and oxygen atoms in total. The van der Waals surface area contributed by atoms with Crippen LogP contribution < -0.4 is 5.73 Å². The second-order valence-electron chi connectivity index (χ2n) is 5.03. The summed E-state index contributed by atoms with van der Waals surface area (Å²) >= 11 is 5.90. The fraction of sp³-hybridized carbons (Fsp3) is 0.500. The van der Waals surface area contributed by atoms with Crippen LogP contribution in [0.5, 0.6) is 0 Å². The van der Waals surface area contributed by atoms with Crippen LogP contribution in [0.25, 0.3) is 0 Å². The molecule has 1 saturated carbocycles. The summed E-state index contributed by atoms with van der Waals surface area (Å²) in [4.78, 5) is 9.90. The number of nitro groups is 1. The number of sulfonamides is 1. The van der Waals surface area contributed by atoms with E-state index in [9.17, 15) is 18.5 Å². The lowest BCUT2D eigenvalue weighted by Gasteiger charge is -2.26. The lowest BCUT2D eigenvalue weighted by molar-refractivity contribution is -0.384.